The van der Waals surface area contributed by atoms with Crippen molar-refractivity contribution in [1.29, 1.82) is 0 Å². The Kier molecular flexibility index (Phi) is 3.33. The summed E-state index contributed by atoms with van der Waals surface area (Å²) in [5, 5.41) is 18.7. The summed E-state index contributed by atoms with van der Waals surface area (Å²) in [5.41, 5.74) is 0. The van der Waals surface area contributed by atoms with E-state index in [4.69, 9.17) is 46.4 Å². The zero-order valence-electron chi connectivity index (χ0n) is 6.38. The fourth-order valence-corrected chi connectivity index (χ4v) is 1.91. The summed E-state index contributed by atoms with van der Waals surface area (Å²) < 4.78 is 0. The molecule has 0 bridgehead atoms. The van der Waals surface area contributed by atoms with Gasteiger partial charge in [0.2, 0.25) is 0 Å². The summed E-state index contributed by atoms with van der Waals surface area (Å²) in [4.78, 5) is 7.48. The molecule has 0 aromatic heterocycles. The Balaban J connectivity index is 3.33. The second kappa shape index (κ2) is 3.87. The van der Waals surface area contributed by atoms with Crippen molar-refractivity contribution < 1.29 is 10.0 Å². The van der Waals surface area contributed by atoms with Crippen molar-refractivity contribution in [3.8, 4) is 0 Å². The molecular weight excluding hydrogens is 276 g/mol. The van der Waals surface area contributed by atoms with Gasteiger partial charge >= 0.3 is 5.00 Å². The van der Waals surface area contributed by atoms with Crippen LogP contribution >= 0.6 is 46.4 Å². The van der Waals surface area contributed by atoms with Crippen molar-refractivity contribution in [2.75, 3.05) is 0 Å². The normalized spacial score (nSPS) is 32.9. The third-order valence-corrected chi connectivity index (χ3v) is 3.74. The molecule has 2 unspecified atom stereocenters. The summed E-state index contributed by atoms with van der Waals surface area (Å²) in [6.45, 7) is 0. The maximum absolute atomic E-state index is 10.6. The summed E-state index contributed by atoms with van der Waals surface area (Å²) >= 11 is 22.2. The minimum Gasteiger partial charge on any atom is -0.383 e. The van der Waals surface area contributed by atoms with E-state index in [0.29, 0.717) is 0 Å². The number of aliphatic hydroxyl groups is 1. The number of alkyl halides is 1. The Bertz CT molecular complexity index is 353. The lowest BCUT2D eigenvalue weighted by Crippen LogP contribution is -2.37. The molecule has 0 spiro atoms. The maximum Gasteiger partial charge on any atom is 0.367 e. The molecule has 1 N–H and O–H groups in total. The van der Waals surface area contributed by atoms with Crippen LogP contribution in [0, 0.1) is 10.1 Å². The minimum absolute atomic E-state index is 0.303. The summed E-state index contributed by atoms with van der Waals surface area (Å²) in [6.07, 6.45) is -0.297. The van der Waals surface area contributed by atoms with Gasteiger partial charge in [-0.3, -0.25) is 10.1 Å². The van der Waals surface area contributed by atoms with E-state index in [1.807, 2.05) is 0 Å². The van der Waals surface area contributed by atoms with Gasteiger partial charge in [-0.25, -0.2) is 0 Å². The molecule has 1 aliphatic rings. The molecule has 1 aliphatic carbocycles. The Hall–Kier alpha value is -0.000000000000000167. The number of hydrogen-bond acceptors (Lipinski definition) is 3. The molecule has 0 radical (unpaired) electrons. The first-order valence-electron chi connectivity index (χ1n) is 3.26. The first-order chi connectivity index (χ1) is 6.31. The third kappa shape index (κ3) is 1.61. The van der Waals surface area contributed by atoms with Crippen LogP contribution in [0.25, 0.3) is 0 Å². The Morgan fingerprint density at radius 3 is 2.43 bits per heavy atom. The minimum atomic E-state index is -2.28. The van der Waals surface area contributed by atoms with E-state index in [2.05, 4.69) is 0 Å². The molecule has 2 atom stereocenters. The van der Waals surface area contributed by atoms with Gasteiger partial charge in [0.1, 0.15) is 16.2 Å². The van der Waals surface area contributed by atoms with E-state index in [1.54, 1.807) is 0 Å². The first kappa shape index (κ1) is 12.1. The van der Waals surface area contributed by atoms with Gasteiger partial charge in [-0.2, -0.15) is 0 Å². The fourth-order valence-electron chi connectivity index (χ4n) is 0.882. The average Bonchev–Trinajstić information content (AvgIpc) is 2.11. The number of halogens is 4. The molecule has 78 valence electrons. The van der Waals surface area contributed by atoms with Gasteiger partial charge in [0, 0.05) is 0 Å². The zero-order valence-corrected chi connectivity index (χ0v) is 9.40. The highest BCUT2D eigenvalue weighted by molar-refractivity contribution is 6.49. The lowest BCUT2D eigenvalue weighted by Gasteiger charge is -2.23. The van der Waals surface area contributed by atoms with Crippen molar-refractivity contribution in [2.24, 2.45) is 0 Å². The van der Waals surface area contributed by atoms with Gasteiger partial charge in [-0.15, -0.1) is 0 Å². The zero-order chi connectivity index (χ0) is 11.1. The van der Waals surface area contributed by atoms with Crippen LogP contribution in [0.3, 0.4) is 0 Å². The Morgan fingerprint density at radius 1 is 1.50 bits per heavy atom. The molecule has 0 amide bonds. The highest BCUT2D eigenvalue weighted by atomic mass is 35.5. The molecule has 14 heavy (non-hydrogen) atoms. The average molecular weight is 279 g/mol. The van der Waals surface area contributed by atoms with E-state index >= 15 is 0 Å². The lowest BCUT2D eigenvalue weighted by atomic mass is 10.1. The lowest BCUT2D eigenvalue weighted by molar-refractivity contribution is -0.517. The molecule has 1 rings (SSSR count). The van der Waals surface area contributed by atoms with Gasteiger partial charge in [0.05, 0.1) is 9.96 Å². The van der Waals surface area contributed by atoms with Crippen LogP contribution in [0.1, 0.15) is 0 Å². The standard InChI is InChI=1S/C6H3Cl4NO3/c7-3-1-2(12)4(8)5(9)6(3,10)11(13)14/h1-2,12H. The molecule has 0 aromatic carbocycles. The molecule has 0 saturated carbocycles. The molecule has 4 nitrogen and oxygen atoms in total. The maximum atomic E-state index is 10.6. The van der Waals surface area contributed by atoms with Crippen LogP contribution in [0.4, 0.5) is 0 Å². The van der Waals surface area contributed by atoms with Crippen molar-refractivity contribution in [3.63, 3.8) is 0 Å². The SMILES string of the molecule is O=[N+]([O-])C1(Cl)C(Cl)=CC(O)C(Cl)=C1Cl. The largest absolute Gasteiger partial charge is 0.383 e. The van der Waals surface area contributed by atoms with Crippen LogP contribution in [0.2, 0.25) is 0 Å². The van der Waals surface area contributed by atoms with E-state index in [-0.39, 0.29) is 10.1 Å². The molecule has 0 aromatic rings. The van der Waals surface area contributed by atoms with Gasteiger partial charge < -0.3 is 5.11 Å². The van der Waals surface area contributed by atoms with E-state index < -0.39 is 21.1 Å². The van der Waals surface area contributed by atoms with Gasteiger partial charge in [0.15, 0.2) is 0 Å². The van der Waals surface area contributed by atoms with Crippen LogP contribution < -0.4 is 0 Å². The van der Waals surface area contributed by atoms with E-state index in [0.717, 1.165) is 6.08 Å². The fraction of sp³-hybridized carbons (Fsp3) is 0.333. The number of aliphatic hydroxyl groups excluding tert-OH is 1. The van der Waals surface area contributed by atoms with Crippen LogP contribution in [0.15, 0.2) is 21.2 Å². The van der Waals surface area contributed by atoms with Gasteiger partial charge in [0.25, 0.3) is 0 Å². The van der Waals surface area contributed by atoms with Crippen molar-refractivity contribution in [3.05, 3.63) is 31.3 Å². The monoisotopic (exact) mass is 277 g/mol. The van der Waals surface area contributed by atoms with Gasteiger partial charge in [-0.05, 0) is 17.7 Å². The third-order valence-electron chi connectivity index (χ3n) is 1.63. The molecule has 0 saturated heterocycles. The molecule has 0 heterocycles. The van der Waals surface area contributed by atoms with Gasteiger partial charge in [-0.1, -0.05) is 34.8 Å². The van der Waals surface area contributed by atoms with Crippen molar-refractivity contribution in [2.45, 2.75) is 11.1 Å². The second-order valence-corrected chi connectivity index (χ2v) is 4.24. The van der Waals surface area contributed by atoms with Crippen LogP contribution in [-0.2, 0) is 0 Å². The number of nitro groups is 1. The van der Waals surface area contributed by atoms with Crippen molar-refractivity contribution >= 4 is 46.4 Å². The molecular formula is C6H3Cl4NO3. The Morgan fingerprint density at radius 2 is 2.00 bits per heavy atom. The quantitative estimate of drug-likeness (QED) is 0.347. The Labute approximate surface area is 98.8 Å². The summed E-state index contributed by atoms with van der Waals surface area (Å²) in [6, 6.07) is 0. The van der Waals surface area contributed by atoms with Crippen molar-refractivity contribution in [1.82, 2.24) is 0 Å². The number of hydrogen-bond donors (Lipinski definition) is 1. The smallest absolute Gasteiger partial charge is 0.367 e. The first-order valence-corrected chi connectivity index (χ1v) is 4.78. The van der Waals surface area contributed by atoms with Crippen LogP contribution in [0.5, 0.6) is 0 Å². The topological polar surface area (TPSA) is 63.4 Å². The summed E-state index contributed by atoms with van der Waals surface area (Å²) in [7, 11) is 0. The van der Waals surface area contributed by atoms with Crippen LogP contribution in [-0.4, -0.2) is 21.1 Å². The highest BCUT2D eigenvalue weighted by Crippen LogP contribution is 2.45. The van der Waals surface area contributed by atoms with E-state index in [9.17, 15) is 15.2 Å². The predicted octanol–water partition coefficient (Wildman–Crippen LogP) is 2.38. The van der Waals surface area contributed by atoms with E-state index in [1.165, 1.54) is 0 Å². The molecule has 0 aliphatic heterocycles. The number of rotatable bonds is 1. The highest BCUT2D eigenvalue weighted by Gasteiger charge is 2.52. The summed E-state index contributed by atoms with van der Waals surface area (Å²) in [5.74, 6) is 0. The molecule has 8 heteroatoms. The second-order valence-electron chi connectivity index (χ2n) is 2.50. The molecule has 0 fully saturated rings. The predicted molar refractivity (Wildman–Crippen MR) is 54.3 cm³/mol. The number of nitrogens with zero attached hydrogens (tertiary/aromatic N) is 1.